The normalized spacial score (nSPS) is 15.6. The van der Waals surface area contributed by atoms with Gasteiger partial charge in [-0.15, -0.1) is 35.0 Å². The molecule has 0 aromatic carbocycles. The van der Waals surface area contributed by atoms with Crippen LogP contribution < -0.4 is 32.7 Å². The molecule has 0 rings (SSSR count). The van der Waals surface area contributed by atoms with Gasteiger partial charge in [-0.05, 0) is 23.6 Å². The van der Waals surface area contributed by atoms with Gasteiger partial charge in [0.25, 0.3) is 0 Å². The van der Waals surface area contributed by atoms with E-state index in [0.717, 1.165) is 21.6 Å². The van der Waals surface area contributed by atoms with E-state index in [1.54, 1.807) is 0 Å². The van der Waals surface area contributed by atoms with Crippen LogP contribution in [-0.4, -0.2) is 109 Å². The maximum Gasteiger partial charge on any atom is 0.322 e. The fourth-order valence-electron chi connectivity index (χ4n) is 3.15. The van der Waals surface area contributed by atoms with E-state index < -0.39 is 82.2 Å². The smallest absolute Gasteiger partial charge is 0.322 e. The number of nitrogens with one attached hydrogen (secondary N) is 4. The van der Waals surface area contributed by atoms with Crippen LogP contribution in [0.2, 0.25) is 0 Å². The number of amides is 2. The van der Waals surface area contributed by atoms with Crippen molar-refractivity contribution in [3.05, 3.63) is 0 Å². The van der Waals surface area contributed by atoms with Crippen molar-refractivity contribution in [3.8, 4) is 0 Å². The van der Waals surface area contributed by atoms with E-state index in [2.05, 4.69) is 81.5 Å². The Morgan fingerprint density at radius 1 is 0.727 bits per heavy atom. The average molecular weight is 777 g/mol. The van der Waals surface area contributed by atoms with Crippen LogP contribution in [0.3, 0.4) is 0 Å². The lowest BCUT2D eigenvalue weighted by Gasteiger charge is -2.39. The van der Waals surface area contributed by atoms with Gasteiger partial charge in [-0.1, -0.05) is 21.6 Å². The summed E-state index contributed by atoms with van der Waals surface area (Å²) in [5.74, 6) is -6.22. The summed E-state index contributed by atoms with van der Waals surface area (Å²) in [7, 11) is 2.32. The highest BCUT2D eigenvalue weighted by Crippen LogP contribution is 2.42. The van der Waals surface area contributed by atoms with Crippen LogP contribution in [0.25, 0.3) is 0 Å². The molecule has 0 spiro atoms. The molecule has 0 radical (unpaired) electrons. The minimum atomic E-state index is -1.97. The largest absolute Gasteiger partial charge is 0.480 e. The third-order valence-electron chi connectivity index (χ3n) is 5.59. The lowest BCUT2D eigenvalue weighted by molar-refractivity contribution is -0.157. The fourth-order valence-corrected chi connectivity index (χ4v) is 8.76. The number of ether oxygens (including phenoxy) is 1. The van der Waals surface area contributed by atoms with Gasteiger partial charge in [-0.3, -0.25) is 39.4 Å². The number of carbonyl (C=O) groups is 6. The first kappa shape index (κ1) is 43.5. The molecule has 2 amide bonds. The van der Waals surface area contributed by atoms with Gasteiger partial charge in [-0.2, -0.15) is 25.3 Å². The van der Waals surface area contributed by atoms with Gasteiger partial charge in [0.05, 0.1) is 19.1 Å². The minimum Gasteiger partial charge on any atom is -0.480 e. The van der Waals surface area contributed by atoms with E-state index in [0.29, 0.717) is 10.8 Å². The van der Waals surface area contributed by atoms with Crippen molar-refractivity contribution in [1.29, 1.82) is 0 Å². The zero-order valence-corrected chi connectivity index (χ0v) is 29.7. The molecule has 0 aliphatic rings. The molecule has 16 nitrogen and oxygen atoms in total. The van der Waals surface area contributed by atoms with Crippen LogP contribution in [0, 0.1) is 0 Å². The van der Waals surface area contributed by atoms with Gasteiger partial charge in [0.2, 0.25) is 16.9 Å². The Kier molecular flexibility index (Phi) is 21.8. The van der Waals surface area contributed by atoms with Crippen LogP contribution >= 0.6 is 92.6 Å². The first-order chi connectivity index (χ1) is 20.6. The van der Waals surface area contributed by atoms with Gasteiger partial charge in [0.15, 0.2) is 4.20 Å². The first-order valence-electron chi connectivity index (χ1n) is 12.2. The number of rotatable bonds is 24. The molecule has 5 atom stereocenters. The summed E-state index contributed by atoms with van der Waals surface area (Å²) in [6.45, 7) is -1.28. The summed E-state index contributed by atoms with van der Waals surface area (Å²) < 4.78 is 4.30. The SMILES string of the molecule is NC(CCC(=O)NC(CS)C(NCC(=O)O)(OC(=O)CNC(SS)(SS)C(CS)NC(=O)CCC(N)C(=O)O)SS)C(=O)O. The molecular formula is C20H36N6O10S8. The second-order valence-corrected chi connectivity index (χ2v) is 13.8. The number of esters is 1. The second-order valence-electron chi connectivity index (χ2n) is 8.76. The fraction of sp³-hybridized carbons (Fsp3) is 0.700. The summed E-state index contributed by atoms with van der Waals surface area (Å²) >= 11 is 21.1. The molecule has 44 heavy (non-hydrogen) atoms. The number of aliphatic carboxylic acids is 3. The van der Waals surface area contributed by atoms with E-state index in [9.17, 15) is 33.9 Å². The van der Waals surface area contributed by atoms with Crippen molar-refractivity contribution in [2.75, 3.05) is 24.6 Å². The van der Waals surface area contributed by atoms with Crippen LogP contribution in [0.5, 0.6) is 0 Å². The van der Waals surface area contributed by atoms with Crippen molar-refractivity contribution in [2.24, 2.45) is 11.5 Å². The van der Waals surface area contributed by atoms with E-state index in [1.807, 2.05) is 0 Å². The monoisotopic (exact) mass is 776 g/mol. The maximum atomic E-state index is 13.1. The molecule has 0 heterocycles. The van der Waals surface area contributed by atoms with Crippen LogP contribution in [-0.2, 0) is 33.5 Å². The number of hydrogen-bond acceptors (Lipinski definition) is 19. The lowest BCUT2D eigenvalue weighted by atomic mass is 10.1. The van der Waals surface area contributed by atoms with E-state index in [4.69, 9.17) is 26.4 Å². The van der Waals surface area contributed by atoms with Gasteiger partial charge in [-0.25, -0.2) is 0 Å². The second kappa shape index (κ2) is 22.1. The number of nitrogens with two attached hydrogens (primary N) is 2. The molecule has 0 bridgehead atoms. The number of hydrogen-bond donors (Lipinski definition) is 14. The van der Waals surface area contributed by atoms with Crippen molar-refractivity contribution in [3.63, 3.8) is 0 Å². The van der Waals surface area contributed by atoms with Crippen molar-refractivity contribution in [2.45, 2.75) is 59.1 Å². The van der Waals surface area contributed by atoms with Crippen molar-refractivity contribution in [1.82, 2.24) is 21.3 Å². The molecule has 0 aliphatic carbocycles. The third kappa shape index (κ3) is 14.9. The number of thiol groups is 5. The van der Waals surface area contributed by atoms with Crippen LogP contribution in [0.15, 0.2) is 0 Å². The van der Waals surface area contributed by atoms with Gasteiger partial charge < -0.3 is 42.2 Å². The zero-order chi connectivity index (χ0) is 34.1. The summed E-state index contributed by atoms with van der Waals surface area (Å²) in [6.07, 6.45) is -0.842. The molecule has 11 N–H and O–H groups in total. The lowest BCUT2D eigenvalue weighted by Crippen LogP contribution is -2.63. The first-order valence-corrected chi connectivity index (χ1v) is 19.1. The van der Waals surface area contributed by atoms with Crippen molar-refractivity contribution < 1.29 is 48.8 Å². The summed E-state index contributed by atoms with van der Waals surface area (Å²) in [6, 6.07) is -4.53. The highest BCUT2D eigenvalue weighted by Gasteiger charge is 2.45. The average Bonchev–Trinajstić information content (AvgIpc) is 2.99. The third-order valence-corrected chi connectivity index (χ3v) is 12.3. The molecule has 0 aromatic rings. The van der Waals surface area contributed by atoms with Crippen LogP contribution in [0.4, 0.5) is 0 Å². The number of carboxylic acids is 3. The molecule has 0 saturated carbocycles. The van der Waals surface area contributed by atoms with Gasteiger partial charge in [0.1, 0.15) is 18.1 Å². The predicted octanol–water partition coefficient (Wildman–Crippen LogP) is -0.952. The van der Waals surface area contributed by atoms with Gasteiger partial charge >= 0.3 is 23.9 Å². The highest BCUT2D eigenvalue weighted by molar-refractivity contribution is 8.78. The Bertz CT molecular complexity index is 1000. The Balaban J connectivity index is 5.82. The van der Waals surface area contributed by atoms with E-state index >= 15 is 0 Å². The predicted molar refractivity (Wildman–Crippen MR) is 186 cm³/mol. The van der Waals surface area contributed by atoms with E-state index in [1.165, 1.54) is 0 Å². The summed E-state index contributed by atoms with van der Waals surface area (Å²) in [5, 5.41) is 35.8. The molecule has 24 heteroatoms. The Morgan fingerprint density at radius 2 is 1.18 bits per heavy atom. The molecule has 5 unspecified atom stereocenters. The molecule has 0 aliphatic heterocycles. The maximum absolute atomic E-state index is 13.1. The molecule has 0 aromatic heterocycles. The molecule has 254 valence electrons. The minimum absolute atomic E-state index is 0.0236. The quantitative estimate of drug-likeness (QED) is 0.0244. The van der Waals surface area contributed by atoms with Crippen molar-refractivity contribution >= 4 is 128 Å². The Labute approximate surface area is 291 Å². The zero-order valence-electron chi connectivity index (χ0n) is 22.8. The topological polar surface area (TPSA) is 272 Å². The molecule has 0 saturated heterocycles. The summed E-state index contributed by atoms with van der Waals surface area (Å²) in [5.41, 5.74) is 10.9. The van der Waals surface area contributed by atoms with E-state index in [-0.39, 0.29) is 37.2 Å². The summed E-state index contributed by atoms with van der Waals surface area (Å²) in [4.78, 5) is 71.4. The molecular weight excluding hydrogens is 741 g/mol. The van der Waals surface area contributed by atoms with Crippen LogP contribution in [0.1, 0.15) is 25.7 Å². The van der Waals surface area contributed by atoms with Gasteiger partial charge in [0, 0.05) is 24.3 Å². The molecule has 0 fully saturated rings. The standard InChI is InChI=1S/C20H36N6O10S8/c21-9(17(32)33)1-3-13(27)25-11(7-37)19(42-39,23-5-15(29)30)36-16(31)6-24-20(43-40,44-41)12(8-38)26-14(28)4-2-10(22)18(34)35/h9-12,23-24,37-41H,1-8,21-22H2,(H,25,27)(H,26,28)(H,29,30)(H,32,33)(H,34,35). The number of carbonyl (C=O) groups excluding carboxylic acids is 3. The number of carboxylic acid groups (broad SMARTS) is 3. The Morgan fingerprint density at radius 3 is 1.55 bits per heavy atom. The Hall–Kier alpha value is -0.540. The highest BCUT2D eigenvalue weighted by atomic mass is 33.1.